The van der Waals surface area contributed by atoms with E-state index in [0.717, 1.165) is 36.3 Å². The van der Waals surface area contributed by atoms with Crippen molar-refractivity contribution in [3.63, 3.8) is 0 Å². The highest BCUT2D eigenvalue weighted by atomic mass is 35.5. The van der Waals surface area contributed by atoms with Gasteiger partial charge in [-0.05, 0) is 53.9 Å². The van der Waals surface area contributed by atoms with Gasteiger partial charge in [-0.15, -0.1) is 0 Å². The summed E-state index contributed by atoms with van der Waals surface area (Å²) in [6.07, 6.45) is 3.05. The van der Waals surface area contributed by atoms with Crippen LogP contribution in [-0.4, -0.2) is 16.0 Å². The summed E-state index contributed by atoms with van der Waals surface area (Å²) in [4.78, 5) is 2.31. The SMILES string of the molecule is Fc1ccc(C2c3cccn3CCCN2Cc2ccc(Cl)cc2)cc1F. The fraction of sp³-hybridized carbons (Fsp3) is 0.238. The molecule has 0 aliphatic carbocycles. The first-order valence-electron chi connectivity index (χ1n) is 8.70. The van der Waals surface area contributed by atoms with Crippen molar-refractivity contribution in [2.75, 3.05) is 6.54 Å². The number of hydrogen-bond acceptors (Lipinski definition) is 1. The summed E-state index contributed by atoms with van der Waals surface area (Å²) in [5, 5.41) is 0.704. The standard InChI is InChI=1S/C21H19ClF2N2/c22-17-7-4-15(5-8-17)14-26-12-2-11-25-10-1-3-20(25)21(26)16-6-9-18(23)19(24)13-16/h1,3-10,13,21H,2,11-12,14H2. The number of aromatic nitrogens is 1. The molecule has 1 atom stereocenters. The molecule has 26 heavy (non-hydrogen) atoms. The Balaban J connectivity index is 1.75. The molecule has 2 heterocycles. The number of aryl methyl sites for hydroxylation is 1. The van der Waals surface area contributed by atoms with Gasteiger partial charge >= 0.3 is 0 Å². The summed E-state index contributed by atoms with van der Waals surface area (Å²) in [6.45, 7) is 2.50. The molecule has 0 radical (unpaired) electrons. The van der Waals surface area contributed by atoms with Crippen molar-refractivity contribution < 1.29 is 8.78 Å². The largest absolute Gasteiger partial charge is 0.350 e. The lowest BCUT2D eigenvalue weighted by atomic mass is 10.0. The van der Waals surface area contributed by atoms with E-state index in [1.807, 2.05) is 36.5 Å². The first-order valence-corrected chi connectivity index (χ1v) is 9.08. The molecule has 0 N–H and O–H groups in total. The monoisotopic (exact) mass is 372 g/mol. The molecular formula is C21H19ClF2N2. The second-order valence-electron chi connectivity index (χ2n) is 6.65. The van der Waals surface area contributed by atoms with Gasteiger partial charge in [0.25, 0.3) is 0 Å². The minimum absolute atomic E-state index is 0.127. The molecule has 0 amide bonds. The first-order chi connectivity index (χ1) is 12.6. The van der Waals surface area contributed by atoms with Crippen molar-refractivity contribution in [2.24, 2.45) is 0 Å². The zero-order valence-electron chi connectivity index (χ0n) is 14.2. The third-order valence-corrected chi connectivity index (χ3v) is 5.16. The van der Waals surface area contributed by atoms with E-state index in [4.69, 9.17) is 11.6 Å². The van der Waals surface area contributed by atoms with E-state index in [1.54, 1.807) is 6.07 Å². The van der Waals surface area contributed by atoms with E-state index in [0.29, 0.717) is 11.6 Å². The first kappa shape index (κ1) is 17.3. The second kappa shape index (κ2) is 7.22. The topological polar surface area (TPSA) is 8.17 Å². The quantitative estimate of drug-likeness (QED) is 0.596. The van der Waals surface area contributed by atoms with Crippen LogP contribution in [0.4, 0.5) is 8.78 Å². The van der Waals surface area contributed by atoms with Crippen LogP contribution in [-0.2, 0) is 13.1 Å². The van der Waals surface area contributed by atoms with Crippen LogP contribution >= 0.6 is 11.6 Å². The van der Waals surface area contributed by atoms with Crippen LogP contribution in [0.25, 0.3) is 0 Å². The van der Waals surface area contributed by atoms with Gasteiger partial charge in [-0.3, -0.25) is 4.90 Å². The molecule has 0 saturated heterocycles. The van der Waals surface area contributed by atoms with Gasteiger partial charge in [0.15, 0.2) is 11.6 Å². The Morgan fingerprint density at radius 2 is 1.77 bits per heavy atom. The number of benzene rings is 2. The maximum absolute atomic E-state index is 13.9. The lowest BCUT2D eigenvalue weighted by Crippen LogP contribution is -2.29. The van der Waals surface area contributed by atoms with E-state index in [2.05, 4.69) is 15.5 Å². The van der Waals surface area contributed by atoms with Crippen molar-refractivity contribution in [2.45, 2.75) is 25.6 Å². The maximum atomic E-state index is 13.9. The van der Waals surface area contributed by atoms with Crippen molar-refractivity contribution in [3.8, 4) is 0 Å². The number of halogens is 3. The minimum Gasteiger partial charge on any atom is -0.350 e. The Kier molecular flexibility index (Phi) is 4.79. The molecule has 0 saturated carbocycles. The number of fused-ring (bicyclic) bond motifs is 1. The molecule has 1 aromatic heterocycles. The fourth-order valence-corrected chi connectivity index (χ4v) is 3.82. The average Bonchev–Trinajstić information content (AvgIpc) is 3.01. The number of nitrogens with zero attached hydrogens (tertiary/aromatic N) is 2. The molecule has 0 bridgehead atoms. The predicted octanol–water partition coefficient (Wildman–Crippen LogP) is 5.42. The molecule has 5 heteroatoms. The average molecular weight is 373 g/mol. The smallest absolute Gasteiger partial charge is 0.159 e. The summed E-state index contributed by atoms with van der Waals surface area (Å²) in [5.41, 5.74) is 3.00. The lowest BCUT2D eigenvalue weighted by molar-refractivity contribution is 0.220. The van der Waals surface area contributed by atoms with Crippen molar-refractivity contribution in [3.05, 3.63) is 94.3 Å². The van der Waals surface area contributed by atoms with Crippen molar-refractivity contribution in [1.29, 1.82) is 0 Å². The Labute approximate surface area is 156 Å². The molecule has 4 rings (SSSR count). The maximum Gasteiger partial charge on any atom is 0.159 e. The molecule has 0 spiro atoms. The molecule has 0 fully saturated rings. The van der Waals surface area contributed by atoms with Crippen molar-refractivity contribution in [1.82, 2.24) is 9.47 Å². The molecule has 2 nitrogen and oxygen atoms in total. The van der Waals surface area contributed by atoms with Crippen LogP contribution in [0.15, 0.2) is 60.8 Å². The van der Waals surface area contributed by atoms with Gasteiger partial charge in [-0.25, -0.2) is 8.78 Å². The third kappa shape index (κ3) is 3.39. The number of rotatable bonds is 3. The van der Waals surface area contributed by atoms with Gasteiger partial charge in [-0.1, -0.05) is 29.8 Å². The minimum atomic E-state index is -0.818. The van der Waals surface area contributed by atoms with Gasteiger partial charge in [0.1, 0.15) is 0 Å². The molecule has 1 aliphatic heterocycles. The number of hydrogen-bond donors (Lipinski definition) is 0. The van der Waals surface area contributed by atoms with Crippen LogP contribution in [0, 0.1) is 11.6 Å². The normalized spacial score (nSPS) is 17.7. The molecular weight excluding hydrogens is 354 g/mol. The van der Waals surface area contributed by atoms with Crippen LogP contribution < -0.4 is 0 Å². The highest BCUT2D eigenvalue weighted by Crippen LogP contribution is 2.33. The van der Waals surface area contributed by atoms with Crippen LogP contribution in [0.3, 0.4) is 0 Å². The zero-order valence-corrected chi connectivity index (χ0v) is 15.0. The fourth-order valence-electron chi connectivity index (χ4n) is 3.70. The van der Waals surface area contributed by atoms with Crippen molar-refractivity contribution >= 4 is 11.6 Å². The third-order valence-electron chi connectivity index (χ3n) is 4.91. The van der Waals surface area contributed by atoms with Gasteiger partial charge in [0.05, 0.1) is 6.04 Å². The van der Waals surface area contributed by atoms with Gasteiger partial charge < -0.3 is 4.57 Å². The summed E-state index contributed by atoms with van der Waals surface area (Å²) in [7, 11) is 0. The molecule has 1 aliphatic rings. The summed E-state index contributed by atoms with van der Waals surface area (Å²) in [5.74, 6) is -1.63. The highest BCUT2D eigenvalue weighted by molar-refractivity contribution is 6.30. The molecule has 134 valence electrons. The van der Waals surface area contributed by atoms with Gasteiger partial charge in [0, 0.05) is 36.5 Å². The summed E-state index contributed by atoms with van der Waals surface area (Å²) >= 11 is 6.00. The van der Waals surface area contributed by atoms with Crippen LogP contribution in [0.2, 0.25) is 5.02 Å². The Morgan fingerprint density at radius 3 is 2.54 bits per heavy atom. The highest BCUT2D eigenvalue weighted by Gasteiger charge is 2.28. The summed E-state index contributed by atoms with van der Waals surface area (Å²) in [6, 6.07) is 15.9. The van der Waals surface area contributed by atoms with Crippen LogP contribution in [0.1, 0.15) is 29.3 Å². The van der Waals surface area contributed by atoms with Gasteiger partial charge in [0.2, 0.25) is 0 Å². The predicted molar refractivity (Wildman–Crippen MR) is 99.1 cm³/mol. The molecule has 3 aromatic rings. The van der Waals surface area contributed by atoms with Gasteiger partial charge in [-0.2, -0.15) is 0 Å². The molecule has 2 aromatic carbocycles. The summed E-state index contributed by atoms with van der Waals surface area (Å²) < 4.78 is 29.6. The molecule has 1 unspecified atom stereocenters. The Bertz CT molecular complexity index is 905. The van der Waals surface area contributed by atoms with E-state index in [9.17, 15) is 8.78 Å². The Hall–Kier alpha value is -2.17. The van der Waals surface area contributed by atoms with Crippen LogP contribution in [0.5, 0.6) is 0 Å². The zero-order chi connectivity index (χ0) is 18.1. The van der Waals surface area contributed by atoms with E-state index in [1.165, 1.54) is 12.1 Å². The van der Waals surface area contributed by atoms with E-state index >= 15 is 0 Å². The lowest BCUT2D eigenvalue weighted by Gasteiger charge is -2.30. The second-order valence-corrected chi connectivity index (χ2v) is 7.09. The van der Waals surface area contributed by atoms with E-state index < -0.39 is 11.6 Å². The van der Waals surface area contributed by atoms with E-state index in [-0.39, 0.29) is 6.04 Å². The Morgan fingerprint density at radius 1 is 0.962 bits per heavy atom.